The number of fused-ring (bicyclic) bond motifs is 2. The second-order valence-electron chi connectivity index (χ2n) is 7.73. The Morgan fingerprint density at radius 1 is 1.32 bits per heavy atom. The molecule has 1 fully saturated rings. The Hall–Kier alpha value is -2.73. The first-order valence-corrected chi connectivity index (χ1v) is 10.6. The lowest BCUT2D eigenvalue weighted by atomic mass is 9.99. The molecule has 2 aromatic rings. The summed E-state index contributed by atoms with van der Waals surface area (Å²) in [6, 6.07) is 4.18. The van der Waals surface area contributed by atoms with Crippen molar-refractivity contribution >= 4 is 40.6 Å². The standard InChI is InChI=1S/C22H21N3O2S/c26-20-3-2-15-7-14(10-23-22(15)24-20)1-4-21(27)25-11-18-8-17(9-19(18)12-25)16-5-6-28-13-16/h1,4-8,10,13,18-19H,2-3,9,11-12H2,(H,23,24,26)/b4-1+/t18-,19+/m0/s1. The molecule has 28 heavy (non-hydrogen) atoms. The third kappa shape index (κ3) is 3.29. The van der Waals surface area contributed by atoms with Gasteiger partial charge in [0.2, 0.25) is 11.8 Å². The second kappa shape index (κ2) is 7.02. The molecule has 0 bridgehead atoms. The fourth-order valence-electron chi connectivity index (χ4n) is 4.39. The van der Waals surface area contributed by atoms with Crippen molar-refractivity contribution in [3.05, 3.63) is 57.9 Å². The van der Waals surface area contributed by atoms with E-state index in [9.17, 15) is 9.59 Å². The van der Waals surface area contributed by atoms with Crippen LogP contribution in [0.1, 0.15) is 29.5 Å². The molecule has 1 aliphatic carbocycles. The summed E-state index contributed by atoms with van der Waals surface area (Å²) >= 11 is 1.73. The van der Waals surface area contributed by atoms with E-state index in [-0.39, 0.29) is 11.8 Å². The summed E-state index contributed by atoms with van der Waals surface area (Å²) in [6.45, 7) is 1.63. The van der Waals surface area contributed by atoms with Gasteiger partial charge in [0, 0.05) is 31.8 Å². The van der Waals surface area contributed by atoms with E-state index < -0.39 is 0 Å². The van der Waals surface area contributed by atoms with Crippen LogP contribution in [0, 0.1) is 11.8 Å². The molecular formula is C22H21N3O2S. The Balaban J connectivity index is 1.23. The van der Waals surface area contributed by atoms with Gasteiger partial charge in [-0.05, 0) is 75.9 Å². The Morgan fingerprint density at radius 3 is 3.07 bits per heavy atom. The van der Waals surface area contributed by atoms with Gasteiger partial charge in [-0.2, -0.15) is 11.3 Å². The number of hydrogen-bond donors (Lipinski definition) is 1. The molecule has 0 unspecified atom stereocenters. The van der Waals surface area contributed by atoms with Crippen LogP contribution in [0.2, 0.25) is 0 Å². The van der Waals surface area contributed by atoms with Crippen LogP contribution in [-0.4, -0.2) is 34.8 Å². The molecule has 6 heteroatoms. The highest BCUT2D eigenvalue weighted by Gasteiger charge is 2.37. The molecule has 1 N–H and O–H groups in total. The minimum absolute atomic E-state index is 0.00857. The van der Waals surface area contributed by atoms with Crippen molar-refractivity contribution in [2.45, 2.75) is 19.3 Å². The topological polar surface area (TPSA) is 62.3 Å². The zero-order chi connectivity index (χ0) is 19.1. The molecule has 0 spiro atoms. The van der Waals surface area contributed by atoms with Crippen molar-refractivity contribution in [3.8, 4) is 0 Å². The monoisotopic (exact) mass is 391 g/mol. The highest BCUT2D eigenvalue weighted by atomic mass is 32.1. The third-order valence-corrected chi connectivity index (χ3v) is 6.56. The summed E-state index contributed by atoms with van der Waals surface area (Å²) in [4.78, 5) is 30.3. The van der Waals surface area contributed by atoms with Crippen LogP contribution in [0.25, 0.3) is 11.6 Å². The molecule has 0 radical (unpaired) electrons. The number of amides is 2. The minimum atomic E-state index is 0.00857. The SMILES string of the molecule is O=C1CCc2cc(/C=C/C(=O)N3C[C@H]4CC(c5ccsc5)=C[C@H]4C3)cnc2N1. The summed E-state index contributed by atoms with van der Waals surface area (Å²) in [5.41, 5.74) is 4.69. The zero-order valence-electron chi connectivity index (χ0n) is 15.4. The second-order valence-corrected chi connectivity index (χ2v) is 8.51. The van der Waals surface area contributed by atoms with E-state index in [1.165, 1.54) is 11.1 Å². The normalized spacial score (nSPS) is 23.5. The first-order chi connectivity index (χ1) is 13.7. The third-order valence-electron chi connectivity index (χ3n) is 5.88. The Morgan fingerprint density at radius 2 is 2.25 bits per heavy atom. The van der Waals surface area contributed by atoms with Crippen LogP contribution in [0.5, 0.6) is 0 Å². The number of allylic oxidation sites excluding steroid dienone is 1. The number of hydrogen-bond acceptors (Lipinski definition) is 4. The van der Waals surface area contributed by atoms with Gasteiger partial charge in [-0.3, -0.25) is 9.59 Å². The van der Waals surface area contributed by atoms with Crippen LogP contribution in [0.15, 0.2) is 41.2 Å². The number of aromatic nitrogens is 1. The van der Waals surface area contributed by atoms with Gasteiger partial charge in [-0.1, -0.05) is 6.08 Å². The van der Waals surface area contributed by atoms with Gasteiger partial charge in [-0.25, -0.2) is 4.98 Å². The van der Waals surface area contributed by atoms with Crippen molar-refractivity contribution in [1.29, 1.82) is 0 Å². The van der Waals surface area contributed by atoms with Gasteiger partial charge in [-0.15, -0.1) is 0 Å². The quantitative estimate of drug-likeness (QED) is 0.813. The van der Waals surface area contributed by atoms with E-state index >= 15 is 0 Å². The van der Waals surface area contributed by atoms with Crippen LogP contribution < -0.4 is 5.32 Å². The Kier molecular flexibility index (Phi) is 4.36. The number of anilines is 1. The number of thiophene rings is 1. The first-order valence-electron chi connectivity index (χ1n) is 9.65. The molecule has 4 heterocycles. The van der Waals surface area contributed by atoms with Gasteiger partial charge >= 0.3 is 0 Å². The Bertz CT molecular complexity index is 993. The first kappa shape index (κ1) is 17.4. The van der Waals surface area contributed by atoms with E-state index in [1.54, 1.807) is 23.6 Å². The van der Waals surface area contributed by atoms with Gasteiger partial charge in [0.25, 0.3) is 0 Å². The highest BCUT2D eigenvalue weighted by Crippen LogP contribution is 2.41. The van der Waals surface area contributed by atoms with E-state index in [1.807, 2.05) is 17.0 Å². The summed E-state index contributed by atoms with van der Waals surface area (Å²) < 4.78 is 0. The molecular weight excluding hydrogens is 370 g/mol. The number of nitrogens with one attached hydrogen (secondary N) is 1. The number of aryl methyl sites for hydroxylation is 1. The van der Waals surface area contributed by atoms with Crippen molar-refractivity contribution in [2.24, 2.45) is 11.8 Å². The summed E-state index contributed by atoms with van der Waals surface area (Å²) in [5.74, 6) is 1.73. The van der Waals surface area contributed by atoms with Crippen molar-refractivity contribution in [1.82, 2.24) is 9.88 Å². The number of carbonyl (C=O) groups excluding carboxylic acids is 2. The number of rotatable bonds is 3. The van der Waals surface area contributed by atoms with Crippen LogP contribution in [0.3, 0.4) is 0 Å². The molecule has 5 nitrogen and oxygen atoms in total. The van der Waals surface area contributed by atoms with Gasteiger partial charge < -0.3 is 10.2 Å². The maximum Gasteiger partial charge on any atom is 0.246 e. The van der Waals surface area contributed by atoms with E-state index in [4.69, 9.17) is 0 Å². The molecule has 3 aliphatic rings. The maximum atomic E-state index is 12.6. The smallest absolute Gasteiger partial charge is 0.246 e. The van der Waals surface area contributed by atoms with E-state index in [2.05, 4.69) is 33.2 Å². The van der Waals surface area contributed by atoms with Crippen molar-refractivity contribution in [3.63, 3.8) is 0 Å². The van der Waals surface area contributed by atoms with E-state index in [0.29, 0.717) is 30.5 Å². The van der Waals surface area contributed by atoms with Crippen LogP contribution in [-0.2, 0) is 16.0 Å². The average molecular weight is 391 g/mol. The Labute approximate surface area is 167 Å². The van der Waals surface area contributed by atoms with Gasteiger partial charge in [0.05, 0.1) is 0 Å². The fraction of sp³-hybridized carbons (Fsp3) is 0.318. The molecule has 1 saturated heterocycles. The molecule has 2 aliphatic heterocycles. The number of nitrogens with zero attached hydrogens (tertiary/aromatic N) is 2. The maximum absolute atomic E-state index is 12.6. The molecule has 5 rings (SSSR count). The number of pyridine rings is 1. The molecule has 2 amide bonds. The number of likely N-dealkylation sites (tertiary alicyclic amines) is 1. The largest absolute Gasteiger partial charge is 0.338 e. The minimum Gasteiger partial charge on any atom is -0.338 e. The molecule has 142 valence electrons. The lowest BCUT2D eigenvalue weighted by Crippen LogP contribution is -2.27. The predicted octanol–water partition coefficient (Wildman–Crippen LogP) is 3.60. The molecule has 2 atom stereocenters. The number of carbonyl (C=O) groups is 2. The van der Waals surface area contributed by atoms with Crippen molar-refractivity contribution in [2.75, 3.05) is 18.4 Å². The average Bonchev–Trinajstić information content (AvgIpc) is 3.41. The van der Waals surface area contributed by atoms with Crippen LogP contribution in [0.4, 0.5) is 5.82 Å². The summed E-state index contributed by atoms with van der Waals surface area (Å²) in [6.07, 6.45) is 9.78. The zero-order valence-corrected chi connectivity index (χ0v) is 16.2. The molecule has 2 aromatic heterocycles. The highest BCUT2D eigenvalue weighted by molar-refractivity contribution is 7.08. The lowest BCUT2D eigenvalue weighted by molar-refractivity contribution is -0.125. The van der Waals surface area contributed by atoms with Gasteiger partial charge in [0.1, 0.15) is 5.82 Å². The molecule has 0 saturated carbocycles. The predicted molar refractivity (Wildman–Crippen MR) is 111 cm³/mol. The fourth-order valence-corrected chi connectivity index (χ4v) is 5.07. The lowest BCUT2D eigenvalue weighted by Gasteiger charge is -2.16. The molecule has 0 aromatic carbocycles. The summed E-state index contributed by atoms with van der Waals surface area (Å²) in [7, 11) is 0. The summed E-state index contributed by atoms with van der Waals surface area (Å²) in [5, 5.41) is 7.10. The van der Waals surface area contributed by atoms with Gasteiger partial charge in [0.15, 0.2) is 0 Å². The van der Waals surface area contributed by atoms with E-state index in [0.717, 1.165) is 30.6 Å². The van der Waals surface area contributed by atoms with Crippen molar-refractivity contribution < 1.29 is 9.59 Å². The van der Waals surface area contributed by atoms with Crippen LogP contribution >= 0.6 is 11.3 Å².